The fourth-order valence-corrected chi connectivity index (χ4v) is 3.02. The van der Waals surface area contributed by atoms with Gasteiger partial charge in [0.05, 0.1) is 16.9 Å². The Morgan fingerprint density at radius 1 is 1.36 bits per heavy atom. The Balaban J connectivity index is 1.70. The van der Waals surface area contributed by atoms with E-state index < -0.39 is 23.8 Å². The van der Waals surface area contributed by atoms with Crippen LogP contribution in [0.5, 0.6) is 0 Å². The summed E-state index contributed by atoms with van der Waals surface area (Å²) in [4.78, 5) is 29.1. The number of hydrogen-bond donors (Lipinski definition) is 2. The highest BCUT2D eigenvalue weighted by molar-refractivity contribution is 5.90. The molecule has 1 atom stereocenters. The second-order valence-electron chi connectivity index (χ2n) is 6.51. The number of amides is 3. The first-order chi connectivity index (χ1) is 13.2. The summed E-state index contributed by atoms with van der Waals surface area (Å²) in [5.41, 5.74) is -1.21. The highest BCUT2D eigenvalue weighted by Gasteiger charge is 2.34. The van der Waals surface area contributed by atoms with Gasteiger partial charge in [-0.15, -0.1) is 0 Å². The van der Waals surface area contributed by atoms with E-state index in [1.54, 1.807) is 11.8 Å². The van der Waals surface area contributed by atoms with Gasteiger partial charge in [0.25, 0.3) is 0 Å². The van der Waals surface area contributed by atoms with Gasteiger partial charge in [0.1, 0.15) is 12.7 Å². The summed E-state index contributed by atoms with van der Waals surface area (Å²) in [6, 6.07) is 2.25. The maximum atomic E-state index is 13.4. The molecule has 1 aliphatic heterocycles. The van der Waals surface area contributed by atoms with Gasteiger partial charge in [0, 0.05) is 25.6 Å². The maximum Gasteiger partial charge on any atom is 0.418 e. The Morgan fingerprint density at radius 3 is 2.75 bits per heavy atom. The van der Waals surface area contributed by atoms with Gasteiger partial charge in [-0.2, -0.15) is 18.3 Å². The molecule has 28 heavy (non-hydrogen) atoms. The van der Waals surface area contributed by atoms with Crippen LogP contribution >= 0.6 is 0 Å². The maximum absolute atomic E-state index is 13.4. The largest absolute Gasteiger partial charge is 0.418 e. The minimum absolute atomic E-state index is 0.0112. The average Bonchev–Trinajstić information content (AvgIpc) is 3.27. The number of alkyl halides is 3. The Hall–Kier alpha value is -3.11. The van der Waals surface area contributed by atoms with Gasteiger partial charge in [-0.05, 0) is 31.5 Å². The number of rotatable bonds is 5. The normalized spacial score (nSPS) is 15.6. The molecule has 3 amide bonds. The first kappa shape index (κ1) is 19.6. The number of hydrogen-bond acceptors (Lipinski definition) is 4. The highest BCUT2D eigenvalue weighted by Crippen LogP contribution is 2.36. The van der Waals surface area contributed by atoms with Gasteiger partial charge in [-0.25, -0.2) is 14.5 Å². The number of urea groups is 1. The van der Waals surface area contributed by atoms with Gasteiger partial charge >= 0.3 is 12.2 Å². The number of carbonyl (C=O) groups excluding carboxylic acids is 2. The molecule has 2 aromatic rings. The minimum atomic E-state index is -4.67. The Bertz CT molecular complexity index is 853. The van der Waals surface area contributed by atoms with Crippen LogP contribution in [0, 0.1) is 0 Å². The van der Waals surface area contributed by atoms with Gasteiger partial charge in [0.15, 0.2) is 0 Å². The number of likely N-dealkylation sites (tertiary alicyclic amines) is 1. The molecule has 2 N–H and O–H groups in total. The zero-order chi connectivity index (χ0) is 20.3. The number of benzene rings is 1. The van der Waals surface area contributed by atoms with E-state index in [0.717, 1.165) is 18.6 Å². The molecule has 11 heteroatoms. The number of anilines is 1. The molecule has 2 heterocycles. The predicted octanol–water partition coefficient (Wildman–Crippen LogP) is 2.42. The van der Waals surface area contributed by atoms with Crippen LogP contribution in [-0.2, 0) is 11.0 Å². The first-order valence-corrected chi connectivity index (χ1v) is 8.65. The highest BCUT2D eigenvalue weighted by atomic mass is 19.4. The van der Waals surface area contributed by atoms with E-state index >= 15 is 0 Å². The fourth-order valence-electron chi connectivity index (χ4n) is 3.02. The molecule has 1 aromatic carbocycles. The topological polar surface area (TPSA) is 92.2 Å². The lowest BCUT2D eigenvalue weighted by Crippen LogP contribution is -2.44. The number of aromatic nitrogens is 3. The van der Waals surface area contributed by atoms with E-state index in [1.165, 1.54) is 23.4 Å². The van der Waals surface area contributed by atoms with Crippen LogP contribution in [0.2, 0.25) is 0 Å². The molecular formula is C17H19F3N6O2. The summed E-state index contributed by atoms with van der Waals surface area (Å²) in [6.07, 6.45) is -0.945. The molecule has 0 unspecified atom stereocenters. The van der Waals surface area contributed by atoms with Crippen molar-refractivity contribution in [3.8, 4) is 5.69 Å². The van der Waals surface area contributed by atoms with Crippen molar-refractivity contribution in [1.82, 2.24) is 25.0 Å². The van der Waals surface area contributed by atoms with E-state index in [-0.39, 0.29) is 17.3 Å². The lowest BCUT2D eigenvalue weighted by atomic mass is 10.1. The number of nitrogens with zero attached hydrogens (tertiary/aromatic N) is 4. The molecule has 3 rings (SSSR count). The van der Waals surface area contributed by atoms with Crippen molar-refractivity contribution in [1.29, 1.82) is 0 Å². The summed E-state index contributed by atoms with van der Waals surface area (Å²) in [5.74, 6) is 0.0112. The van der Waals surface area contributed by atoms with Crippen LogP contribution in [0.1, 0.15) is 25.3 Å². The standard InChI is InChI=1S/C17H19F3N6O2/c1-11(8-25-6-2-3-15(25)27)23-16(28)24-14-5-4-12(26-10-21-9-22-26)7-13(14)17(18,19)20/h4-5,7,9-11H,2-3,6,8H2,1H3,(H2,23,24,28)/t11-/m1/s1. The molecule has 1 fully saturated rings. The summed E-state index contributed by atoms with van der Waals surface area (Å²) >= 11 is 0. The van der Waals surface area contributed by atoms with E-state index in [2.05, 4.69) is 20.7 Å². The van der Waals surface area contributed by atoms with E-state index in [0.29, 0.717) is 19.5 Å². The number of halogens is 3. The summed E-state index contributed by atoms with van der Waals surface area (Å²) in [7, 11) is 0. The Labute approximate surface area is 158 Å². The summed E-state index contributed by atoms with van der Waals surface area (Å²) < 4.78 is 41.5. The summed E-state index contributed by atoms with van der Waals surface area (Å²) in [6.45, 7) is 2.61. The van der Waals surface area contributed by atoms with Crippen LogP contribution in [0.4, 0.5) is 23.7 Å². The van der Waals surface area contributed by atoms with Crippen LogP contribution in [0.3, 0.4) is 0 Å². The van der Waals surface area contributed by atoms with Crippen LogP contribution in [-0.4, -0.2) is 50.7 Å². The Kier molecular flexibility index (Phi) is 5.52. The third-order valence-corrected chi connectivity index (χ3v) is 4.28. The molecule has 0 aliphatic carbocycles. The van der Waals surface area contributed by atoms with Crippen LogP contribution < -0.4 is 10.6 Å². The lowest BCUT2D eigenvalue weighted by Gasteiger charge is -2.22. The molecule has 0 saturated carbocycles. The summed E-state index contributed by atoms with van der Waals surface area (Å²) in [5, 5.41) is 8.60. The van der Waals surface area contributed by atoms with Crippen molar-refractivity contribution < 1.29 is 22.8 Å². The van der Waals surface area contributed by atoms with Gasteiger partial charge in [-0.1, -0.05) is 0 Å². The second-order valence-corrected chi connectivity index (χ2v) is 6.51. The first-order valence-electron chi connectivity index (χ1n) is 8.65. The van der Waals surface area contributed by atoms with Crippen LogP contribution in [0.15, 0.2) is 30.9 Å². The molecule has 0 radical (unpaired) electrons. The van der Waals surface area contributed by atoms with Gasteiger partial charge in [-0.3, -0.25) is 4.79 Å². The minimum Gasteiger partial charge on any atom is -0.341 e. The van der Waals surface area contributed by atoms with Crippen LogP contribution in [0.25, 0.3) is 5.69 Å². The zero-order valence-corrected chi connectivity index (χ0v) is 15.0. The van der Waals surface area contributed by atoms with Crippen molar-refractivity contribution in [2.75, 3.05) is 18.4 Å². The molecule has 150 valence electrons. The van der Waals surface area contributed by atoms with Gasteiger partial charge in [0.2, 0.25) is 5.91 Å². The third-order valence-electron chi connectivity index (χ3n) is 4.28. The van der Waals surface area contributed by atoms with E-state index in [1.807, 2.05) is 0 Å². The van der Waals surface area contributed by atoms with Crippen molar-refractivity contribution in [2.24, 2.45) is 0 Å². The van der Waals surface area contributed by atoms with E-state index in [4.69, 9.17) is 0 Å². The van der Waals surface area contributed by atoms with E-state index in [9.17, 15) is 22.8 Å². The smallest absolute Gasteiger partial charge is 0.341 e. The third kappa shape index (κ3) is 4.59. The average molecular weight is 396 g/mol. The second kappa shape index (κ2) is 7.87. The molecule has 0 bridgehead atoms. The number of nitrogens with one attached hydrogen (secondary N) is 2. The molecule has 0 spiro atoms. The monoisotopic (exact) mass is 396 g/mol. The zero-order valence-electron chi connectivity index (χ0n) is 15.0. The van der Waals surface area contributed by atoms with Gasteiger partial charge < -0.3 is 15.5 Å². The predicted molar refractivity (Wildman–Crippen MR) is 93.8 cm³/mol. The van der Waals surface area contributed by atoms with Crippen molar-refractivity contribution in [3.63, 3.8) is 0 Å². The van der Waals surface area contributed by atoms with Crippen molar-refractivity contribution in [2.45, 2.75) is 32.0 Å². The molecule has 1 aliphatic rings. The quantitative estimate of drug-likeness (QED) is 0.812. The Morgan fingerprint density at radius 2 is 2.14 bits per heavy atom. The van der Waals surface area contributed by atoms with Crippen molar-refractivity contribution in [3.05, 3.63) is 36.4 Å². The SMILES string of the molecule is C[C@H](CN1CCCC1=O)NC(=O)Nc1ccc(-n2cncn2)cc1C(F)(F)F. The molecule has 1 aromatic heterocycles. The molecule has 8 nitrogen and oxygen atoms in total. The molecular weight excluding hydrogens is 377 g/mol. The lowest BCUT2D eigenvalue weighted by molar-refractivity contribution is -0.137. The fraction of sp³-hybridized carbons (Fsp3) is 0.412. The molecule has 1 saturated heterocycles. The number of carbonyl (C=O) groups is 2. The van der Waals surface area contributed by atoms with Crippen molar-refractivity contribution >= 4 is 17.6 Å².